The Labute approximate surface area is 96.9 Å². The SMILES string of the molecule is O=C(NF)c1ccccc1NC1CCOC1=O. The summed E-state index contributed by atoms with van der Waals surface area (Å²) in [6.07, 6.45) is 0.532. The lowest BCUT2D eigenvalue weighted by molar-refractivity contribution is -0.138. The Morgan fingerprint density at radius 3 is 2.82 bits per heavy atom. The zero-order valence-electron chi connectivity index (χ0n) is 8.90. The molecule has 0 saturated carbocycles. The molecule has 1 amide bonds. The second-order valence-electron chi connectivity index (χ2n) is 3.62. The van der Waals surface area contributed by atoms with Gasteiger partial charge in [0.2, 0.25) is 0 Å². The molecule has 1 heterocycles. The smallest absolute Gasteiger partial charge is 0.328 e. The summed E-state index contributed by atoms with van der Waals surface area (Å²) in [5.41, 5.74) is 1.62. The fourth-order valence-electron chi connectivity index (χ4n) is 1.67. The topological polar surface area (TPSA) is 67.4 Å². The van der Waals surface area contributed by atoms with Crippen molar-refractivity contribution in [1.29, 1.82) is 0 Å². The van der Waals surface area contributed by atoms with Crippen molar-refractivity contribution in [3.63, 3.8) is 0 Å². The summed E-state index contributed by atoms with van der Waals surface area (Å²) in [5, 5.41) is 2.87. The number of halogens is 1. The van der Waals surface area contributed by atoms with E-state index in [0.29, 0.717) is 18.7 Å². The number of nitrogens with one attached hydrogen (secondary N) is 2. The van der Waals surface area contributed by atoms with E-state index in [-0.39, 0.29) is 11.5 Å². The van der Waals surface area contributed by atoms with E-state index in [1.54, 1.807) is 18.2 Å². The first-order valence-electron chi connectivity index (χ1n) is 5.15. The third kappa shape index (κ3) is 2.35. The van der Waals surface area contributed by atoms with Gasteiger partial charge in [0.05, 0.1) is 12.2 Å². The fraction of sp³-hybridized carbons (Fsp3) is 0.273. The first-order chi connectivity index (χ1) is 8.22. The van der Waals surface area contributed by atoms with Crippen LogP contribution in [0, 0.1) is 0 Å². The van der Waals surface area contributed by atoms with Crippen molar-refractivity contribution in [2.75, 3.05) is 11.9 Å². The highest BCUT2D eigenvalue weighted by Crippen LogP contribution is 2.19. The number of anilines is 1. The fourth-order valence-corrected chi connectivity index (χ4v) is 1.67. The largest absolute Gasteiger partial charge is 0.464 e. The lowest BCUT2D eigenvalue weighted by atomic mass is 10.1. The van der Waals surface area contributed by atoms with Gasteiger partial charge in [0.15, 0.2) is 0 Å². The molecule has 1 aliphatic rings. The molecule has 1 aliphatic heterocycles. The highest BCUT2D eigenvalue weighted by molar-refractivity contribution is 5.99. The first-order valence-corrected chi connectivity index (χ1v) is 5.15. The lowest BCUT2D eigenvalue weighted by Gasteiger charge is -2.13. The molecule has 17 heavy (non-hydrogen) atoms. The maximum absolute atomic E-state index is 12.1. The second-order valence-corrected chi connectivity index (χ2v) is 3.62. The normalized spacial score (nSPS) is 18.6. The summed E-state index contributed by atoms with van der Waals surface area (Å²) in [7, 11) is 0. The minimum absolute atomic E-state index is 0.148. The summed E-state index contributed by atoms with van der Waals surface area (Å²) >= 11 is 0. The zero-order valence-corrected chi connectivity index (χ0v) is 8.90. The Bertz CT molecular complexity index is 450. The van der Waals surface area contributed by atoms with Gasteiger partial charge in [-0.15, -0.1) is 0 Å². The van der Waals surface area contributed by atoms with Gasteiger partial charge in [-0.25, -0.2) is 4.79 Å². The van der Waals surface area contributed by atoms with Gasteiger partial charge in [0.1, 0.15) is 6.04 Å². The number of carbonyl (C=O) groups excluding carboxylic acids is 2. The highest BCUT2D eigenvalue weighted by Gasteiger charge is 2.27. The monoisotopic (exact) mass is 238 g/mol. The number of rotatable bonds is 3. The molecule has 1 fully saturated rings. The van der Waals surface area contributed by atoms with Crippen molar-refractivity contribution in [2.45, 2.75) is 12.5 Å². The van der Waals surface area contributed by atoms with Crippen LogP contribution in [0.5, 0.6) is 0 Å². The van der Waals surface area contributed by atoms with Crippen molar-refractivity contribution in [3.05, 3.63) is 29.8 Å². The van der Waals surface area contributed by atoms with Gasteiger partial charge < -0.3 is 10.1 Å². The Morgan fingerprint density at radius 2 is 2.18 bits per heavy atom. The molecule has 1 atom stereocenters. The number of para-hydroxylation sites is 1. The molecule has 1 saturated heterocycles. The van der Waals surface area contributed by atoms with Gasteiger partial charge in [-0.3, -0.25) is 4.79 Å². The molecular weight excluding hydrogens is 227 g/mol. The Hall–Kier alpha value is -2.11. The van der Waals surface area contributed by atoms with Gasteiger partial charge in [-0.05, 0) is 12.1 Å². The van der Waals surface area contributed by atoms with Gasteiger partial charge in [0, 0.05) is 12.1 Å². The van der Waals surface area contributed by atoms with Crippen LogP contribution in [-0.4, -0.2) is 24.5 Å². The molecule has 0 aromatic heterocycles. The van der Waals surface area contributed by atoms with Crippen LogP contribution in [0.25, 0.3) is 0 Å². The molecule has 2 rings (SSSR count). The van der Waals surface area contributed by atoms with Crippen LogP contribution in [0.3, 0.4) is 0 Å². The predicted molar refractivity (Wildman–Crippen MR) is 58.0 cm³/mol. The molecule has 2 N–H and O–H groups in total. The summed E-state index contributed by atoms with van der Waals surface area (Å²) in [6.45, 7) is 0.355. The second kappa shape index (κ2) is 4.82. The van der Waals surface area contributed by atoms with Crippen molar-refractivity contribution >= 4 is 17.6 Å². The van der Waals surface area contributed by atoms with Crippen LogP contribution >= 0.6 is 0 Å². The van der Waals surface area contributed by atoms with Gasteiger partial charge in [-0.2, -0.15) is 5.54 Å². The number of hydrogen-bond acceptors (Lipinski definition) is 4. The summed E-state index contributed by atoms with van der Waals surface area (Å²) in [4.78, 5) is 22.5. The van der Waals surface area contributed by atoms with E-state index in [9.17, 15) is 14.1 Å². The molecular formula is C11H11FN2O3. The van der Waals surface area contributed by atoms with E-state index >= 15 is 0 Å². The highest BCUT2D eigenvalue weighted by atomic mass is 19.2. The van der Waals surface area contributed by atoms with Crippen molar-refractivity contribution in [3.8, 4) is 0 Å². The quantitative estimate of drug-likeness (QED) is 0.609. The molecule has 6 heteroatoms. The molecule has 1 aromatic carbocycles. The van der Waals surface area contributed by atoms with Crippen LogP contribution in [-0.2, 0) is 9.53 Å². The Balaban J connectivity index is 2.20. The first kappa shape index (κ1) is 11.4. The third-order valence-corrected chi connectivity index (χ3v) is 2.52. The Kier molecular flexibility index (Phi) is 3.22. The van der Waals surface area contributed by atoms with Crippen LogP contribution in [0.1, 0.15) is 16.8 Å². The molecule has 1 aromatic rings. The number of amides is 1. The standard InChI is InChI=1S/C11H11FN2O3/c12-14-10(15)7-3-1-2-4-8(7)13-9-5-6-17-11(9)16/h1-4,9,13H,5-6H2,(H,14,15). The minimum Gasteiger partial charge on any atom is -0.464 e. The van der Waals surface area contributed by atoms with Gasteiger partial charge in [0.25, 0.3) is 5.91 Å². The summed E-state index contributed by atoms with van der Waals surface area (Å²) in [6, 6.07) is 5.90. The van der Waals surface area contributed by atoms with Crippen molar-refractivity contribution < 1.29 is 18.8 Å². The summed E-state index contributed by atoms with van der Waals surface area (Å²) in [5.74, 6) is -1.21. The van der Waals surface area contributed by atoms with Crippen LogP contribution in [0.15, 0.2) is 24.3 Å². The van der Waals surface area contributed by atoms with E-state index in [1.165, 1.54) is 6.07 Å². The van der Waals surface area contributed by atoms with Gasteiger partial charge in [-0.1, -0.05) is 16.6 Å². The third-order valence-electron chi connectivity index (χ3n) is 2.52. The number of cyclic esters (lactones) is 1. The van der Waals surface area contributed by atoms with E-state index < -0.39 is 11.9 Å². The average Bonchev–Trinajstić information content (AvgIpc) is 2.75. The maximum atomic E-state index is 12.1. The van der Waals surface area contributed by atoms with Crippen LogP contribution in [0.2, 0.25) is 0 Å². The van der Waals surface area contributed by atoms with E-state index in [4.69, 9.17) is 4.74 Å². The molecule has 0 aliphatic carbocycles. The zero-order chi connectivity index (χ0) is 12.3. The van der Waals surface area contributed by atoms with Crippen molar-refractivity contribution in [1.82, 2.24) is 5.54 Å². The van der Waals surface area contributed by atoms with Crippen molar-refractivity contribution in [2.24, 2.45) is 0 Å². The van der Waals surface area contributed by atoms with Gasteiger partial charge >= 0.3 is 5.97 Å². The van der Waals surface area contributed by atoms with E-state index in [2.05, 4.69) is 5.32 Å². The number of esters is 1. The maximum Gasteiger partial charge on any atom is 0.328 e. The van der Waals surface area contributed by atoms with E-state index in [1.807, 2.05) is 0 Å². The van der Waals surface area contributed by atoms with Crippen LogP contribution < -0.4 is 10.9 Å². The average molecular weight is 238 g/mol. The van der Waals surface area contributed by atoms with E-state index in [0.717, 1.165) is 5.54 Å². The van der Waals surface area contributed by atoms with Crippen LogP contribution in [0.4, 0.5) is 10.2 Å². The molecule has 0 radical (unpaired) electrons. The lowest BCUT2D eigenvalue weighted by Crippen LogP contribution is -2.26. The number of carbonyl (C=O) groups is 2. The minimum atomic E-state index is -0.848. The molecule has 5 nitrogen and oxygen atoms in total. The molecule has 1 unspecified atom stereocenters. The molecule has 0 spiro atoms. The number of ether oxygens (including phenoxy) is 1. The Morgan fingerprint density at radius 1 is 1.41 bits per heavy atom. The predicted octanol–water partition coefficient (Wildman–Crippen LogP) is 1.03. The molecule has 90 valence electrons. The number of hydrogen-bond donors (Lipinski definition) is 2. The molecule has 0 bridgehead atoms. The number of benzene rings is 1. The summed E-state index contributed by atoms with van der Waals surface area (Å²) < 4.78 is 16.9.